The third kappa shape index (κ3) is 3.80. The largest absolute Gasteiger partial charge is 0.494 e. The average molecular weight is 349 g/mol. The van der Waals surface area contributed by atoms with Gasteiger partial charge in [0.2, 0.25) is 10.0 Å². The van der Waals surface area contributed by atoms with E-state index in [9.17, 15) is 8.42 Å². The lowest BCUT2D eigenvalue weighted by Gasteiger charge is -2.19. The Morgan fingerprint density at radius 1 is 1.04 bits per heavy atom. The summed E-state index contributed by atoms with van der Waals surface area (Å²) < 4.78 is 43.6. The molecule has 0 unspecified atom stereocenters. The van der Waals surface area contributed by atoms with E-state index in [4.69, 9.17) is 14.2 Å². The molecule has 2 aromatic carbocycles. The maximum atomic E-state index is 12.4. The topological polar surface area (TPSA) is 73.9 Å². The van der Waals surface area contributed by atoms with E-state index in [0.29, 0.717) is 31.3 Å². The number of benzene rings is 2. The first-order chi connectivity index (χ1) is 11.6. The van der Waals surface area contributed by atoms with Crippen LogP contribution in [0.25, 0.3) is 0 Å². The van der Waals surface area contributed by atoms with Crippen molar-refractivity contribution in [2.24, 2.45) is 0 Å². The summed E-state index contributed by atoms with van der Waals surface area (Å²) in [5, 5.41) is 0. The summed E-state index contributed by atoms with van der Waals surface area (Å²) >= 11 is 0. The van der Waals surface area contributed by atoms with Gasteiger partial charge in [-0.3, -0.25) is 0 Å². The van der Waals surface area contributed by atoms with E-state index in [1.807, 2.05) is 31.2 Å². The van der Waals surface area contributed by atoms with Crippen molar-refractivity contribution in [3.05, 3.63) is 48.0 Å². The van der Waals surface area contributed by atoms with Gasteiger partial charge in [0.05, 0.1) is 11.5 Å². The maximum Gasteiger partial charge on any atom is 0.241 e. The van der Waals surface area contributed by atoms with Crippen LogP contribution in [0.2, 0.25) is 0 Å². The van der Waals surface area contributed by atoms with Crippen LogP contribution in [0.3, 0.4) is 0 Å². The number of ether oxygens (including phenoxy) is 3. The minimum atomic E-state index is -3.63. The minimum Gasteiger partial charge on any atom is -0.494 e. The summed E-state index contributed by atoms with van der Waals surface area (Å²) in [6.45, 7) is 3.58. The fraction of sp³-hybridized carbons (Fsp3) is 0.294. The van der Waals surface area contributed by atoms with Gasteiger partial charge in [-0.15, -0.1) is 0 Å². The van der Waals surface area contributed by atoms with Crippen molar-refractivity contribution in [1.29, 1.82) is 0 Å². The normalized spacial score (nSPS) is 13.5. The van der Waals surface area contributed by atoms with Gasteiger partial charge in [-0.05, 0) is 36.8 Å². The van der Waals surface area contributed by atoms with Crippen molar-refractivity contribution in [2.45, 2.75) is 18.4 Å². The van der Waals surface area contributed by atoms with Gasteiger partial charge >= 0.3 is 0 Å². The molecule has 0 atom stereocenters. The molecule has 128 valence electrons. The zero-order chi connectivity index (χ0) is 17.0. The Morgan fingerprint density at radius 3 is 2.46 bits per heavy atom. The summed E-state index contributed by atoms with van der Waals surface area (Å²) in [7, 11) is -3.63. The summed E-state index contributed by atoms with van der Waals surface area (Å²) in [4.78, 5) is 0.151. The smallest absolute Gasteiger partial charge is 0.241 e. The first kappa shape index (κ1) is 16.6. The second kappa shape index (κ2) is 7.11. The van der Waals surface area contributed by atoms with Crippen LogP contribution in [-0.2, 0) is 16.6 Å². The third-order valence-corrected chi connectivity index (χ3v) is 4.92. The third-order valence-electron chi connectivity index (χ3n) is 3.52. The molecule has 1 heterocycles. The molecule has 0 saturated heterocycles. The SMILES string of the molecule is CCOc1ccc(CNS(=O)(=O)c2ccc3c(c2)OCCO3)cc1. The van der Waals surface area contributed by atoms with Crippen LogP contribution in [0.5, 0.6) is 17.2 Å². The second-order valence-corrected chi connectivity index (χ2v) is 6.97. The molecular weight excluding hydrogens is 330 g/mol. The molecule has 0 fully saturated rings. The van der Waals surface area contributed by atoms with Crippen molar-refractivity contribution < 1.29 is 22.6 Å². The molecule has 1 aliphatic rings. The molecule has 3 rings (SSSR count). The highest BCUT2D eigenvalue weighted by Gasteiger charge is 2.19. The average Bonchev–Trinajstić information content (AvgIpc) is 2.61. The van der Waals surface area contributed by atoms with Crippen LogP contribution in [0, 0.1) is 0 Å². The number of fused-ring (bicyclic) bond motifs is 1. The van der Waals surface area contributed by atoms with Crippen LogP contribution < -0.4 is 18.9 Å². The molecule has 0 radical (unpaired) electrons. The van der Waals surface area contributed by atoms with Crippen LogP contribution in [0.1, 0.15) is 12.5 Å². The number of hydrogen-bond donors (Lipinski definition) is 1. The summed E-state index contributed by atoms with van der Waals surface area (Å²) in [5.74, 6) is 1.77. The molecule has 7 heteroatoms. The Morgan fingerprint density at radius 2 is 1.75 bits per heavy atom. The lowest BCUT2D eigenvalue weighted by Crippen LogP contribution is -2.23. The lowest BCUT2D eigenvalue weighted by molar-refractivity contribution is 0.171. The van der Waals surface area contributed by atoms with Gasteiger partial charge in [0.1, 0.15) is 19.0 Å². The van der Waals surface area contributed by atoms with Crippen molar-refractivity contribution in [1.82, 2.24) is 4.72 Å². The molecular formula is C17H19NO5S. The van der Waals surface area contributed by atoms with Gasteiger partial charge in [0.15, 0.2) is 11.5 Å². The Kier molecular flexibility index (Phi) is 4.92. The minimum absolute atomic E-state index is 0.151. The quantitative estimate of drug-likeness (QED) is 0.866. The standard InChI is InChI=1S/C17H19NO5S/c1-2-21-14-5-3-13(4-6-14)12-18-24(19,20)15-7-8-16-17(11-15)23-10-9-22-16/h3-8,11,18H,2,9-10,12H2,1H3. The van der Waals surface area contributed by atoms with Crippen LogP contribution in [-0.4, -0.2) is 28.2 Å². The lowest BCUT2D eigenvalue weighted by atomic mass is 10.2. The number of rotatable bonds is 6. The van der Waals surface area contributed by atoms with Crippen molar-refractivity contribution in [3.8, 4) is 17.2 Å². The van der Waals surface area contributed by atoms with Crippen molar-refractivity contribution in [3.63, 3.8) is 0 Å². The molecule has 1 aliphatic heterocycles. The monoisotopic (exact) mass is 349 g/mol. The summed E-state index contributed by atoms with van der Waals surface area (Å²) in [6, 6.07) is 11.9. The first-order valence-electron chi connectivity index (χ1n) is 7.69. The highest BCUT2D eigenvalue weighted by atomic mass is 32.2. The second-order valence-electron chi connectivity index (χ2n) is 5.21. The van der Waals surface area contributed by atoms with Gasteiger partial charge in [-0.1, -0.05) is 12.1 Å². The number of nitrogens with one attached hydrogen (secondary N) is 1. The van der Waals surface area contributed by atoms with Gasteiger partial charge in [-0.2, -0.15) is 0 Å². The molecule has 2 aromatic rings. The van der Waals surface area contributed by atoms with Gasteiger partial charge in [-0.25, -0.2) is 13.1 Å². The molecule has 0 saturated carbocycles. The van der Waals surface area contributed by atoms with E-state index in [1.165, 1.54) is 12.1 Å². The van der Waals surface area contributed by atoms with Gasteiger partial charge in [0, 0.05) is 12.6 Å². The zero-order valence-corrected chi connectivity index (χ0v) is 14.1. The zero-order valence-electron chi connectivity index (χ0n) is 13.3. The number of sulfonamides is 1. The van der Waals surface area contributed by atoms with E-state index in [2.05, 4.69) is 4.72 Å². The number of hydrogen-bond acceptors (Lipinski definition) is 5. The molecule has 0 amide bonds. The molecule has 0 aromatic heterocycles. The Hall–Kier alpha value is -2.25. The molecule has 0 bridgehead atoms. The van der Waals surface area contributed by atoms with E-state index >= 15 is 0 Å². The van der Waals surface area contributed by atoms with Gasteiger partial charge in [0.25, 0.3) is 0 Å². The van der Waals surface area contributed by atoms with Crippen LogP contribution >= 0.6 is 0 Å². The Bertz CT molecular complexity index is 802. The maximum absolute atomic E-state index is 12.4. The highest BCUT2D eigenvalue weighted by Crippen LogP contribution is 2.32. The van der Waals surface area contributed by atoms with Crippen molar-refractivity contribution in [2.75, 3.05) is 19.8 Å². The Balaban J connectivity index is 1.69. The van der Waals surface area contributed by atoms with Crippen LogP contribution in [0.15, 0.2) is 47.4 Å². The van der Waals surface area contributed by atoms with E-state index < -0.39 is 10.0 Å². The predicted molar refractivity (Wildman–Crippen MR) is 89.1 cm³/mol. The first-order valence-corrected chi connectivity index (χ1v) is 9.18. The van der Waals surface area contributed by atoms with E-state index in [0.717, 1.165) is 11.3 Å². The summed E-state index contributed by atoms with van der Waals surface area (Å²) in [5.41, 5.74) is 0.847. The Labute approximate surface area is 141 Å². The molecule has 1 N–H and O–H groups in total. The highest BCUT2D eigenvalue weighted by molar-refractivity contribution is 7.89. The van der Waals surface area contributed by atoms with E-state index in [-0.39, 0.29) is 11.4 Å². The van der Waals surface area contributed by atoms with E-state index in [1.54, 1.807) is 6.07 Å². The fourth-order valence-corrected chi connectivity index (χ4v) is 3.36. The van der Waals surface area contributed by atoms with Crippen molar-refractivity contribution >= 4 is 10.0 Å². The molecule has 6 nitrogen and oxygen atoms in total. The predicted octanol–water partition coefficient (Wildman–Crippen LogP) is 2.33. The molecule has 0 spiro atoms. The molecule has 0 aliphatic carbocycles. The summed E-state index contributed by atoms with van der Waals surface area (Å²) in [6.07, 6.45) is 0. The molecule has 24 heavy (non-hydrogen) atoms. The van der Waals surface area contributed by atoms with Crippen LogP contribution in [0.4, 0.5) is 0 Å². The fourth-order valence-electron chi connectivity index (χ4n) is 2.32. The van der Waals surface area contributed by atoms with Gasteiger partial charge < -0.3 is 14.2 Å².